The molecule has 1 aliphatic rings. The average molecular weight is 263 g/mol. The molecule has 0 amide bonds. The molecule has 0 aliphatic carbocycles. The topological polar surface area (TPSA) is 61.6 Å². The second kappa shape index (κ2) is 4.32. The summed E-state index contributed by atoms with van der Waals surface area (Å²) in [5, 5.41) is 11.0. The summed E-state index contributed by atoms with van der Waals surface area (Å²) >= 11 is 0. The molecule has 1 heterocycles. The molecule has 19 heavy (non-hydrogen) atoms. The summed E-state index contributed by atoms with van der Waals surface area (Å²) < 4.78 is 11.8. The Morgan fingerprint density at radius 1 is 1.16 bits per heavy atom. The fourth-order valence-electron chi connectivity index (χ4n) is 1.95. The minimum absolute atomic E-state index is 0.0900. The smallest absolute Gasteiger partial charge is 0.399 e. The van der Waals surface area contributed by atoms with Gasteiger partial charge >= 0.3 is 7.12 Å². The molecule has 0 spiro atoms. The van der Waals surface area contributed by atoms with Gasteiger partial charge in [-0.15, -0.1) is 0 Å². The lowest BCUT2D eigenvalue weighted by Crippen LogP contribution is -2.41. The lowest BCUT2D eigenvalue weighted by molar-refractivity contribution is -0.385. The first-order chi connectivity index (χ1) is 8.64. The Bertz CT molecular complexity index is 511. The van der Waals surface area contributed by atoms with E-state index in [1.807, 2.05) is 33.8 Å². The number of hydrogen-bond donors (Lipinski definition) is 0. The molecule has 2 rings (SSSR count). The van der Waals surface area contributed by atoms with Crippen molar-refractivity contribution >= 4 is 18.3 Å². The van der Waals surface area contributed by atoms with Crippen molar-refractivity contribution < 1.29 is 14.2 Å². The van der Waals surface area contributed by atoms with E-state index < -0.39 is 18.3 Å². The van der Waals surface area contributed by atoms with E-state index in [2.05, 4.69) is 0 Å². The van der Waals surface area contributed by atoms with E-state index in [-0.39, 0.29) is 10.6 Å². The van der Waals surface area contributed by atoms with Gasteiger partial charge in [-0.05, 0) is 40.1 Å². The molecule has 0 bridgehead atoms. The van der Waals surface area contributed by atoms with Crippen LogP contribution in [0, 0.1) is 17.0 Å². The molecule has 1 fully saturated rings. The van der Waals surface area contributed by atoms with E-state index in [0.29, 0.717) is 11.0 Å². The number of hydrogen-bond acceptors (Lipinski definition) is 4. The Morgan fingerprint density at radius 3 is 2.16 bits per heavy atom. The van der Waals surface area contributed by atoms with Crippen molar-refractivity contribution in [3.8, 4) is 0 Å². The largest absolute Gasteiger partial charge is 0.495 e. The summed E-state index contributed by atoms with van der Waals surface area (Å²) in [6.07, 6.45) is 0. The Morgan fingerprint density at radius 2 is 1.68 bits per heavy atom. The number of benzene rings is 1. The van der Waals surface area contributed by atoms with Crippen LogP contribution in [0.5, 0.6) is 0 Å². The molecular weight excluding hydrogens is 245 g/mol. The fourth-order valence-corrected chi connectivity index (χ4v) is 1.95. The summed E-state index contributed by atoms with van der Waals surface area (Å²) in [7, 11) is -0.565. The van der Waals surface area contributed by atoms with Gasteiger partial charge < -0.3 is 9.31 Å². The molecule has 1 aromatic carbocycles. The van der Waals surface area contributed by atoms with E-state index in [4.69, 9.17) is 9.31 Å². The van der Waals surface area contributed by atoms with E-state index in [1.165, 1.54) is 6.07 Å². The lowest BCUT2D eigenvalue weighted by atomic mass is 9.78. The van der Waals surface area contributed by atoms with Gasteiger partial charge in [0.1, 0.15) is 0 Å². The van der Waals surface area contributed by atoms with Gasteiger partial charge in [-0.25, -0.2) is 0 Å². The Kier molecular flexibility index (Phi) is 3.19. The predicted octanol–water partition coefficient (Wildman–Crippen LogP) is 2.20. The molecular formula is C13H18BNO4. The van der Waals surface area contributed by atoms with Gasteiger partial charge in [0.15, 0.2) is 0 Å². The zero-order valence-electron chi connectivity index (χ0n) is 11.9. The third kappa shape index (κ3) is 2.38. The van der Waals surface area contributed by atoms with Crippen molar-refractivity contribution in [3.05, 3.63) is 33.9 Å². The standard InChI is InChI=1S/C13H18BNO4/c1-9-6-7-10(8-11(9)15(16)17)14-18-12(2,3)13(4,5)19-14/h6-8H,1-5H3. The van der Waals surface area contributed by atoms with Gasteiger partial charge in [0.2, 0.25) is 0 Å². The van der Waals surface area contributed by atoms with Crippen molar-refractivity contribution in [2.24, 2.45) is 0 Å². The van der Waals surface area contributed by atoms with Crippen molar-refractivity contribution in [3.63, 3.8) is 0 Å². The third-order valence-electron chi connectivity index (χ3n) is 3.96. The number of nitro groups is 1. The molecule has 1 aliphatic heterocycles. The average Bonchev–Trinajstić information content (AvgIpc) is 2.48. The summed E-state index contributed by atoms with van der Waals surface area (Å²) in [6, 6.07) is 5.06. The first-order valence-electron chi connectivity index (χ1n) is 6.25. The molecule has 0 aromatic heterocycles. The van der Waals surface area contributed by atoms with E-state index >= 15 is 0 Å². The highest BCUT2D eigenvalue weighted by atomic mass is 16.7. The minimum atomic E-state index is -0.565. The second-order valence-corrected chi connectivity index (χ2v) is 5.89. The predicted molar refractivity (Wildman–Crippen MR) is 73.5 cm³/mol. The number of rotatable bonds is 2. The zero-order chi connectivity index (χ0) is 14.4. The molecule has 102 valence electrons. The van der Waals surface area contributed by atoms with Crippen LogP contribution in [0.1, 0.15) is 33.3 Å². The molecule has 0 radical (unpaired) electrons. The highest BCUT2D eigenvalue weighted by Crippen LogP contribution is 2.36. The van der Waals surface area contributed by atoms with Crippen LogP contribution in [0.2, 0.25) is 0 Å². The molecule has 1 saturated heterocycles. The van der Waals surface area contributed by atoms with Gasteiger partial charge in [0, 0.05) is 11.6 Å². The molecule has 0 saturated carbocycles. The normalized spacial score (nSPS) is 20.6. The Labute approximate surface area is 113 Å². The van der Waals surface area contributed by atoms with Gasteiger partial charge in [-0.2, -0.15) is 0 Å². The minimum Gasteiger partial charge on any atom is -0.399 e. The maximum absolute atomic E-state index is 11.0. The number of aryl methyl sites for hydroxylation is 1. The van der Waals surface area contributed by atoms with E-state index in [1.54, 1.807) is 13.0 Å². The Hall–Kier alpha value is -1.40. The van der Waals surface area contributed by atoms with Crippen LogP contribution in [0.15, 0.2) is 18.2 Å². The number of nitrogens with zero attached hydrogens (tertiary/aromatic N) is 1. The van der Waals surface area contributed by atoms with Gasteiger partial charge in [0.25, 0.3) is 5.69 Å². The second-order valence-electron chi connectivity index (χ2n) is 5.89. The summed E-state index contributed by atoms with van der Waals surface area (Å²) in [5.41, 5.74) is 0.503. The molecule has 0 N–H and O–H groups in total. The first-order valence-corrected chi connectivity index (χ1v) is 6.25. The molecule has 0 atom stereocenters. The fraction of sp³-hybridized carbons (Fsp3) is 0.538. The maximum atomic E-state index is 11.0. The lowest BCUT2D eigenvalue weighted by Gasteiger charge is -2.32. The van der Waals surface area contributed by atoms with Crippen molar-refractivity contribution in [2.45, 2.75) is 45.8 Å². The van der Waals surface area contributed by atoms with Crippen molar-refractivity contribution in [2.75, 3.05) is 0 Å². The van der Waals surface area contributed by atoms with Gasteiger partial charge in [-0.1, -0.05) is 12.1 Å². The van der Waals surface area contributed by atoms with Crippen LogP contribution >= 0.6 is 0 Å². The summed E-state index contributed by atoms with van der Waals surface area (Å²) in [5.74, 6) is 0. The van der Waals surface area contributed by atoms with Crippen LogP contribution in [0.3, 0.4) is 0 Å². The van der Waals surface area contributed by atoms with Crippen LogP contribution < -0.4 is 5.46 Å². The monoisotopic (exact) mass is 263 g/mol. The van der Waals surface area contributed by atoms with Gasteiger partial charge in [-0.3, -0.25) is 10.1 Å². The highest BCUT2D eigenvalue weighted by molar-refractivity contribution is 6.62. The molecule has 5 nitrogen and oxygen atoms in total. The highest BCUT2D eigenvalue weighted by Gasteiger charge is 2.51. The maximum Gasteiger partial charge on any atom is 0.495 e. The quantitative estimate of drug-likeness (QED) is 0.466. The van der Waals surface area contributed by atoms with Crippen molar-refractivity contribution in [1.82, 2.24) is 0 Å². The molecule has 0 unspecified atom stereocenters. The molecule has 6 heteroatoms. The summed E-state index contributed by atoms with van der Waals surface area (Å²) in [6.45, 7) is 9.53. The van der Waals surface area contributed by atoms with Crippen LogP contribution in [-0.4, -0.2) is 23.2 Å². The van der Waals surface area contributed by atoms with Crippen molar-refractivity contribution in [1.29, 1.82) is 0 Å². The van der Waals surface area contributed by atoms with Crippen LogP contribution in [0.4, 0.5) is 5.69 Å². The first kappa shape index (κ1) is 14.0. The van der Waals surface area contributed by atoms with Crippen LogP contribution in [0.25, 0.3) is 0 Å². The summed E-state index contributed by atoms with van der Waals surface area (Å²) in [4.78, 5) is 10.6. The third-order valence-corrected chi connectivity index (χ3v) is 3.96. The van der Waals surface area contributed by atoms with E-state index in [9.17, 15) is 10.1 Å². The van der Waals surface area contributed by atoms with Gasteiger partial charge in [0.05, 0.1) is 16.1 Å². The Balaban J connectivity index is 2.35. The SMILES string of the molecule is Cc1ccc(B2OC(C)(C)C(C)(C)O2)cc1[N+](=O)[O-]. The van der Waals surface area contributed by atoms with Crippen LogP contribution in [-0.2, 0) is 9.31 Å². The zero-order valence-corrected chi connectivity index (χ0v) is 11.9. The number of nitro benzene ring substituents is 1. The molecule has 1 aromatic rings. The van der Waals surface area contributed by atoms with E-state index in [0.717, 1.165) is 0 Å².